The van der Waals surface area contributed by atoms with Gasteiger partial charge in [-0.05, 0) is 25.0 Å². The van der Waals surface area contributed by atoms with E-state index in [0.717, 1.165) is 5.69 Å². The SMILES string of the molecule is O=S(=O)(O)CCCCNc1ccccc1.[NaH]. The molecule has 0 radical (unpaired) electrons. The van der Waals surface area contributed by atoms with Gasteiger partial charge in [-0.25, -0.2) is 0 Å². The van der Waals surface area contributed by atoms with Crippen LogP contribution in [0.15, 0.2) is 30.3 Å². The first-order valence-electron chi connectivity index (χ1n) is 4.82. The summed E-state index contributed by atoms with van der Waals surface area (Å²) in [7, 11) is -3.80. The van der Waals surface area contributed by atoms with Crippen molar-refractivity contribution >= 4 is 45.4 Å². The summed E-state index contributed by atoms with van der Waals surface area (Å²) in [5.41, 5.74) is 1.02. The average molecular weight is 253 g/mol. The van der Waals surface area contributed by atoms with Gasteiger partial charge in [-0.3, -0.25) is 4.55 Å². The summed E-state index contributed by atoms with van der Waals surface area (Å²) in [6.07, 6.45) is 1.19. The van der Waals surface area contributed by atoms with E-state index in [1.807, 2.05) is 30.3 Å². The summed E-state index contributed by atoms with van der Waals surface area (Å²) in [5, 5.41) is 3.15. The van der Waals surface area contributed by atoms with Gasteiger partial charge in [0.1, 0.15) is 0 Å². The molecule has 0 aromatic heterocycles. The Kier molecular flexibility index (Phi) is 8.05. The first kappa shape index (κ1) is 15.9. The summed E-state index contributed by atoms with van der Waals surface area (Å²) < 4.78 is 29.3. The number of anilines is 1. The van der Waals surface area contributed by atoms with Crippen LogP contribution >= 0.6 is 0 Å². The Balaban J connectivity index is 0.00000225. The van der Waals surface area contributed by atoms with Crippen LogP contribution in [-0.2, 0) is 10.1 Å². The van der Waals surface area contributed by atoms with E-state index >= 15 is 0 Å². The third kappa shape index (κ3) is 8.13. The molecule has 1 aromatic carbocycles. The molecule has 0 spiro atoms. The Bertz CT molecular complexity index is 380. The van der Waals surface area contributed by atoms with Crippen LogP contribution in [0, 0.1) is 0 Å². The molecular formula is C10H16NNaO3S. The van der Waals surface area contributed by atoms with Crippen LogP contribution in [0.1, 0.15) is 12.8 Å². The molecule has 0 unspecified atom stereocenters. The van der Waals surface area contributed by atoms with Crippen molar-refractivity contribution in [2.24, 2.45) is 0 Å². The molecular weight excluding hydrogens is 237 g/mol. The van der Waals surface area contributed by atoms with E-state index in [1.165, 1.54) is 0 Å². The van der Waals surface area contributed by atoms with Crippen LogP contribution in [0.2, 0.25) is 0 Å². The van der Waals surface area contributed by atoms with Gasteiger partial charge in [-0.1, -0.05) is 18.2 Å². The Morgan fingerprint density at radius 3 is 2.31 bits per heavy atom. The number of para-hydroxylation sites is 1. The minimum absolute atomic E-state index is 0. The molecule has 0 saturated carbocycles. The van der Waals surface area contributed by atoms with Crippen LogP contribution in [0.5, 0.6) is 0 Å². The normalized spacial score (nSPS) is 10.6. The summed E-state index contributed by atoms with van der Waals surface area (Å²) in [5.74, 6) is -0.163. The molecule has 0 bridgehead atoms. The molecule has 1 rings (SSSR count). The summed E-state index contributed by atoms with van der Waals surface area (Å²) in [6, 6.07) is 9.69. The van der Waals surface area contributed by atoms with Gasteiger partial charge in [0.05, 0.1) is 5.75 Å². The maximum absolute atomic E-state index is 10.4. The summed E-state index contributed by atoms with van der Waals surface area (Å²) >= 11 is 0. The van der Waals surface area contributed by atoms with Gasteiger partial charge < -0.3 is 5.32 Å². The minimum atomic E-state index is -3.80. The third-order valence-corrected chi connectivity index (χ3v) is 2.74. The molecule has 6 heteroatoms. The predicted octanol–water partition coefficient (Wildman–Crippen LogP) is 1.12. The Morgan fingerprint density at radius 1 is 1.12 bits per heavy atom. The molecule has 2 N–H and O–H groups in total. The topological polar surface area (TPSA) is 66.4 Å². The molecule has 4 nitrogen and oxygen atoms in total. The second-order valence-corrected chi connectivity index (χ2v) is 4.86. The third-order valence-electron chi connectivity index (χ3n) is 1.93. The maximum atomic E-state index is 10.4. The van der Waals surface area contributed by atoms with E-state index in [-0.39, 0.29) is 35.3 Å². The van der Waals surface area contributed by atoms with Crippen LogP contribution in [0.25, 0.3) is 0 Å². The van der Waals surface area contributed by atoms with Crippen LogP contribution in [0.3, 0.4) is 0 Å². The molecule has 0 fully saturated rings. The van der Waals surface area contributed by atoms with Crippen molar-refractivity contribution in [2.75, 3.05) is 17.6 Å². The Hall–Kier alpha value is -0.0700. The Labute approximate surface area is 118 Å². The average Bonchev–Trinajstić information content (AvgIpc) is 2.17. The van der Waals surface area contributed by atoms with Crippen molar-refractivity contribution in [3.63, 3.8) is 0 Å². The van der Waals surface area contributed by atoms with Gasteiger partial charge in [0, 0.05) is 12.2 Å². The monoisotopic (exact) mass is 253 g/mol. The van der Waals surface area contributed by atoms with Gasteiger partial charge in [0.25, 0.3) is 10.1 Å². The van der Waals surface area contributed by atoms with Crippen molar-refractivity contribution in [3.05, 3.63) is 30.3 Å². The molecule has 0 heterocycles. The van der Waals surface area contributed by atoms with Crippen LogP contribution < -0.4 is 5.32 Å². The molecule has 0 atom stereocenters. The Morgan fingerprint density at radius 2 is 1.75 bits per heavy atom. The molecule has 86 valence electrons. The second-order valence-electron chi connectivity index (χ2n) is 3.29. The fraction of sp³-hybridized carbons (Fsp3) is 0.400. The molecule has 16 heavy (non-hydrogen) atoms. The van der Waals surface area contributed by atoms with Crippen LogP contribution in [0.4, 0.5) is 5.69 Å². The quantitative estimate of drug-likeness (QED) is 0.453. The molecule has 0 aliphatic carbocycles. The molecule has 1 aromatic rings. The summed E-state index contributed by atoms with van der Waals surface area (Å²) in [6.45, 7) is 0.708. The van der Waals surface area contributed by atoms with E-state index in [4.69, 9.17) is 4.55 Å². The van der Waals surface area contributed by atoms with E-state index in [2.05, 4.69) is 5.32 Å². The van der Waals surface area contributed by atoms with Gasteiger partial charge >= 0.3 is 29.6 Å². The zero-order chi connectivity index (χ0) is 11.1. The van der Waals surface area contributed by atoms with Gasteiger partial charge in [-0.15, -0.1) is 0 Å². The van der Waals surface area contributed by atoms with E-state index < -0.39 is 10.1 Å². The van der Waals surface area contributed by atoms with Gasteiger partial charge in [-0.2, -0.15) is 8.42 Å². The van der Waals surface area contributed by atoms with E-state index in [0.29, 0.717) is 19.4 Å². The number of unbranched alkanes of at least 4 members (excludes halogenated alkanes) is 1. The molecule has 0 amide bonds. The van der Waals surface area contributed by atoms with Crippen molar-refractivity contribution in [1.29, 1.82) is 0 Å². The first-order chi connectivity index (χ1) is 7.08. The van der Waals surface area contributed by atoms with Crippen molar-refractivity contribution < 1.29 is 13.0 Å². The van der Waals surface area contributed by atoms with Crippen molar-refractivity contribution in [1.82, 2.24) is 0 Å². The first-order valence-corrected chi connectivity index (χ1v) is 6.43. The van der Waals surface area contributed by atoms with Gasteiger partial charge in [0.15, 0.2) is 0 Å². The fourth-order valence-corrected chi connectivity index (χ4v) is 1.77. The number of hydrogen-bond acceptors (Lipinski definition) is 3. The molecule has 0 saturated heterocycles. The van der Waals surface area contributed by atoms with Gasteiger partial charge in [0.2, 0.25) is 0 Å². The molecule has 0 aliphatic rings. The summed E-state index contributed by atoms with van der Waals surface area (Å²) in [4.78, 5) is 0. The molecule has 0 aliphatic heterocycles. The number of rotatable bonds is 6. The number of nitrogens with one attached hydrogen (secondary N) is 1. The van der Waals surface area contributed by atoms with E-state index in [9.17, 15) is 8.42 Å². The fourth-order valence-electron chi connectivity index (χ4n) is 1.20. The zero-order valence-electron chi connectivity index (χ0n) is 8.39. The number of hydrogen-bond donors (Lipinski definition) is 2. The number of benzene rings is 1. The zero-order valence-corrected chi connectivity index (χ0v) is 9.20. The standard InChI is InChI=1S/C10H15NO3S.Na.H/c12-15(13,14)9-5-4-8-11-10-6-2-1-3-7-10;;/h1-3,6-7,11H,4-5,8-9H2,(H,12,13,14);;. The van der Waals surface area contributed by atoms with Crippen molar-refractivity contribution in [3.8, 4) is 0 Å². The van der Waals surface area contributed by atoms with Crippen molar-refractivity contribution in [2.45, 2.75) is 12.8 Å². The predicted molar refractivity (Wildman–Crippen MR) is 67.7 cm³/mol. The second kappa shape index (κ2) is 8.08. The van der Waals surface area contributed by atoms with Crippen LogP contribution in [-0.4, -0.2) is 54.8 Å². The van der Waals surface area contributed by atoms with E-state index in [1.54, 1.807) is 0 Å².